The second-order valence-electron chi connectivity index (χ2n) is 5.40. The van der Waals surface area contributed by atoms with Crippen LogP contribution in [0, 0.1) is 0 Å². The average Bonchev–Trinajstić information content (AvgIpc) is 2.74. The Hall–Kier alpha value is -1.86. The van der Waals surface area contributed by atoms with Crippen molar-refractivity contribution in [3.05, 3.63) is 50.9 Å². The van der Waals surface area contributed by atoms with Crippen LogP contribution < -0.4 is 5.32 Å². The molecule has 1 aliphatic rings. The summed E-state index contributed by atoms with van der Waals surface area (Å²) < 4.78 is 0.900. The molecule has 1 aromatic rings. The van der Waals surface area contributed by atoms with Gasteiger partial charge in [-0.25, -0.2) is 0 Å². The zero-order valence-corrected chi connectivity index (χ0v) is 15.7. The van der Waals surface area contributed by atoms with Crippen molar-refractivity contribution in [1.82, 2.24) is 10.2 Å². The third kappa shape index (κ3) is 5.07. The van der Waals surface area contributed by atoms with E-state index in [0.29, 0.717) is 4.91 Å². The van der Waals surface area contributed by atoms with Gasteiger partial charge >= 0.3 is 0 Å². The van der Waals surface area contributed by atoms with Gasteiger partial charge in [0.1, 0.15) is 0 Å². The Morgan fingerprint density at radius 2 is 2.08 bits per heavy atom. The fourth-order valence-corrected chi connectivity index (χ4v) is 3.33. The third-order valence-corrected chi connectivity index (χ3v) is 4.48. The second kappa shape index (κ2) is 8.30. The molecule has 5 nitrogen and oxygen atoms in total. The van der Waals surface area contributed by atoms with Crippen LogP contribution >= 0.6 is 27.7 Å². The summed E-state index contributed by atoms with van der Waals surface area (Å²) in [6.45, 7) is 4.03. The zero-order chi connectivity index (χ0) is 17.7. The fraction of sp³-hybridized carbons (Fsp3) is 0.235. The molecule has 0 aliphatic carbocycles. The minimum Gasteiger partial charge on any atom is -0.351 e. The van der Waals surface area contributed by atoms with Crippen LogP contribution in [0.15, 0.2) is 45.3 Å². The summed E-state index contributed by atoms with van der Waals surface area (Å²) in [4.78, 5) is 37.4. The van der Waals surface area contributed by atoms with Crippen LogP contribution in [-0.2, 0) is 9.59 Å². The van der Waals surface area contributed by atoms with Gasteiger partial charge in [0.15, 0.2) is 0 Å². The molecular formula is C17H17BrN2O3S. The highest BCUT2D eigenvalue weighted by molar-refractivity contribution is 9.10. The number of carbonyl (C=O) groups excluding carboxylic acids is 3. The summed E-state index contributed by atoms with van der Waals surface area (Å²) in [5.41, 5.74) is 1.72. The van der Waals surface area contributed by atoms with Gasteiger partial charge in [0.25, 0.3) is 11.1 Å². The van der Waals surface area contributed by atoms with E-state index in [-0.39, 0.29) is 30.1 Å². The number of allylic oxidation sites excluding steroid dienone is 1. The van der Waals surface area contributed by atoms with Gasteiger partial charge in [-0.3, -0.25) is 19.3 Å². The lowest BCUT2D eigenvalue weighted by atomic mass is 10.2. The maximum absolute atomic E-state index is 12.3. The largest absolute Gasteiger partial charge is 0.351 e. The van der Waals surface area contributed by atoms with Gasteiger partial charge in [-0.05, 0) is 49.4 Å². The number of carbonyl (C=O) groups is 3. The summed E-state index contributed by atoms with van der Waals surface area (Å²) in [5, 5.41) is 2.34. The van der Waals surface area contributed by atoms with Crippen molar-refractivity contribution in [2.24, 2.45) is 0 Å². The van der Waals surface area contributed by atoms with Crippen LogP contribution in [0.2, 0.25) is 0 Å². The molecule has 1 N–H and O–H groups in total. The lowest BCUT2D eigenvalue weighted by molar-refractivity contribution is -0.123. The highest BCUT2D eigenvalue weighted by Crippen LogP contribution is 2.32. The van der Waals surface area contributed by atoms with Gasteiger partial charge in [0.2, 0.25) is 5.91 Å². The Morgan fingerprint density at radius 3 is 2.75 bits per heavy atom. The molecule has 0 saturated carbocycles. The van der Waals surface area contributed by atoms with Gasteiger partial charge in [-0.15, -0.1) is 0 Å². The second-order valence-corrected chi connectivity index (χ2v) is 7.31. The molecule has 0 bridgehead atoms. The Kier molecular flexibility index (Phi) is 6.39. The maximum atomic E-state index is 12.3. The van der Waals surface area contributed by atoms with E-state index in [1.165, 1.54) is 6.08 Å². The number of amides is 3. The van der Waals surface area contributed by atoms with Crippen LogP contribution in [0.5, 0.6) is 0 Å². The Balaban J connectivity index is 1.99. The number of hydrogen-bond acceptors (Lipinski definition) is 4. The van der Waals surface area contributed by atoms with Gasteiger partial charge in [-0.2, -0.15) is 0 Å². The molecule has 0 radical (unpaired) electrons. The third-order valence-electron chi connectivity index (χ3n) is 3.07. The van der Waals surface area contributed by atoms with Crippen molar-refractivity contribution in [1.29, 1.82) is 0 Å². The summed E-state index contributed by atoms with van der Waals surface area (Å²) in [6, 6.07) is 7.48. The molecule has 2 rings (SSSR count). The first-order valence-corrected chi connectivity index (χ1v) is 8.91. The molecule has 1 heterocycles. The number of hydrogen-bond donors (Lipinski definition) is 1. The van der Waals surface area contributed by atoms with Crippen LogP contribution in [0.3, 0.4) is 0 Å². The predicted molar refractivity (Wildman–Crippen MR) is 99.3 cm³/mol. The quantitative estimate of drug-likeness (QED) is 0.756. The average molecular weight is 409 g/mol. The number of halogens is 1. The molecule has 0 atom stereocenters. The first-order valence-electron chi connectivity index (χ1n) is 7.30. The molecule has 1 aromatic carbocycles. The summed E-state index contributed by atoms with van der Waals surface area (Å²) >= 11 is 4.28. The molecule has 1 aliphatic heterocycles. The Morgan fingerprint density at radius 1 is 1.33 bits per heavy atom. The van der Waals surface area contributed by atoms with Crippen LogP contribution in [0.4, 0.5) is 4.79 Å². The topological polar surface area (TPSA) is 66.5 Å². The van der Waals surface area contributed by atoms with Gasteiger partial charge < -0.3 is 5.32 Å². The lowest BCUT2D eigenvalue weighted by Crippen LogP contribution is -2.36. The number of thioether (sulfide) groups is 1. The van der Waals surface area contributed by atoms with Crippen molar-refractivity contribution in [2.75, 3.05) is 13.1 Å². The zero-order valence-electron chi connectivity index (χ0n) is 13.3. The van der Waals surface area contributed by atoms with E-state index in [4.69, 9.17) is 0 Å². The molecular weight excluding hydrogens is 392 g/mol. The monoisotopic (exact) mass is 408 g/mol. The lowest BCUT2D eigenvalue weighted by Gasteiger charge is -2.12. The normalized spacial score (nSPS) is 15.8. The number of benzene rings is 1. The maximum Gasteiger partial charge on any atom is 0.293 e. The van der Waals surface area contributed by atoms with Gasteiger partial charge in [0, 0.05) is 23.6 Å². The molecule has 126 valence electrons. The van der Waals surface area contributed by atoms with E-state index in [9.17, 15) is 14.4 Å². The minimum atomic E-state index is -0.332. The standard InChI is InChI=1S/C17H17BrN2O3S/c1-11(2)8-15(21)19-6-7-20-16(22)14(24-17(20)23)10-12-4-3-5-13(18)9-12/h3-5,8-10H,6-7H2,1-2H3,(H,19,21)/b14-10-. The smallest absolute Gasteiger partial charge is 0.293 e. The van der Waals surface area contributed by atoms with E-state index in [0.717, 1.165) is 32.3 Å². The number of nitrogens with one attached hydrogen (secondary N) is 1. The van der Waals surface area contributed by atoms with E-state index >= 15 is 0 Å². The highest BCUT2D eigenvalue weighted by Gasteiger charge is 2.34. The fourth-order valence-electron chi connectivity index (χ4n) is 2.04. The van der Waals surface area contributed by atoms with Crippen LogP contribution in [0.1, 0.15) is 19.4 Å². The van der Waals surface area contributed by atoms with Gasteiger partial charge in [-0.1, -0.05) is 33.6 Å². The van der Waals surface area contributed by atoms with Crippen LogP contribution in [-0.4, -0.2) is 35.0 Å². The van der Waals surface area contributed by atoms with Crippen LogP contribution in [0.25, 0.3) is 6.08 Å². The molecule has 7 heteroatoms. The molecule has 0 aromatic heterocycles. The molecule has 0 spiro atoms. The minimum absolute atomic E-state index is 0.156. The number of rotatable bonds is 5. The van der Waals surface area contributed by atoms with E-state index in [1.807, 2.05) is 38.1 Å². The summed E-state index contributed by atoms with van der Waals surface area (Å²) in [7, 11) is 0. The molecule has 1 fully saturated rings. The van der Waals surface area contributed by atoms with Crippen molar-refractivity contribution >= 4 is 50.8 Å². The predicted octanol–water partition coefficient (Wildman–Crippen LogP) is 3.57. The summed E-state index contributed by atoms with van der Waals surface area (Å²) in [5.74, 6) is -0.562. The number of imide groups is 1. The Bertz CT molecular complexity index is 739. The Labute approximate surface area is 153 Å². The molecule has 0 unspecified atom stereocenters. The van der Waals surface area contributed by atoms with Crippen molar-refractivity contribution < 1.29 is 14.4 Å². The number of nitrogens with zero attached hydrogens (tertiary/aromatic N) is 1. The van der Waals surface area contributed by atoms with Crippen molar-refractivity contribution in [3.8, 4) is 0 Å². The first kappa shape index (κ1) is 18.5. The SMILES string of the molecule is CC(C)=CC(=O)NCCN1C(=O)S/C(=C\c2cccc(Br)c2)C1=O. The van der Waals surface area contributed by atoms with E-state index in [2.05, 4.69) is 21.2 Å². The van der Waals surface area contributed by atoms with E-state index in [1.54, 1.807) is 6.08 Å². The van der Waals surface area contributed by atoms with Gasteiger partial charge in [0.05, 0.1) is 4.91 Å². The van der Waals surface area contributed by atoms with Crippen molar-refractivity contribution in [3.63, 3.8) is 0 Å². The van der Waals surface area contributed by atoms with E-state index < -0.39 is 0 Å². The summed E-state index contributed by atoms with van der Waals surface area (Å²) in [6.07, 6.45) is 3.17. The molecule has 24 heavy (non-hydrogen) atoms. The first-order chi connectivity index (χ1) is 11.4. The van der Waals surface area contributed by atoms with Crippen molar-refractivity contribution in [2.45, 2.75) is 13.8 Å². The highest BCUT2D eigenvalue weighted by atomic mass is 79.9. The molecule has 1 saturated heterocycles. The molecule has 3 amide bonds.